The molecule has 0 aromatic carbocycles. The summed E-state index contributed by atoms with van der Waals surface area (Å²) >= 11 is 0. The minimum atomic E-state index is -0.132. The largest absolute Gasteiger partial charge is 0.333 e. The van der Waals surface area contributed by atoms with Crippen LogP contribution in [0, 0.1) is 11.8 Å². The summed E-state index contributed by atoms with van der Waals surface area (Å²) in [6.45, 7) is 12.3. The minimum absolute atomic E-state index is 0.0886. The maximum absolute atomic E-state index is 11.8. The zero-order chi connectivity index (χ0) is 11.6. The third-order valence-corrected chi connectivity index (χ3v) is 2.94. The summed E-state index contributed by atoms with van der Waals surface area (Å²) in [6.07, 6.45) is 1.15. The number of nitrogens with one attached hydrogen (secondary N) is 1. The van der Waals surface area contributed by atoms with Crippen molar-refractivity contribution in [2.45, 2.75) is 46.6 Å². The molecule has 1 unspecified atom stereocenters. The second kappa shape index (κ2) is 4.42. The van der Waals surface area contributed by atoms with Crippen molar-refractivity contribution in [2.75, 3.05) is 13.1 Å². The molecular weight excluding hydrogens is 188 g/mol. The summed E-state index contributed by atoms with van der Waals surface area (Å²) in [5, 5.41) is 3.01. The number of rotatable bonds is 1. The van der Waals surface area contributed by atoms with Gasteiger partial charge >= 0.3 is 6.03 Å². The molecule has 0 aliphatic carbocycles. The monoisotopic (exact) mass is 212 g/mol. The molecule has 0 aromatic rings. The number of hydrogen-bond acceptors (Lipinski definition) is 1. The van der Waals surface area contributed by atoms with E-state index in [0.29, 0.717) is 11.8 Å². The Bertz CT molecular complexity index is 230. The normalized spacial score (nSPS) is 22.3. The standard InChI is InChI=1S/C12H24N2O/c1-9(2)10-6-7-14(8-10)11(15)13-12(3,4)5/h9-10H,6-8H2,1-5H3,(H,13,15). The average Bonchev–Trinajstić information content (AvgIpc) is 2.47. The lowest BCUT2D eigenvalue weighted by molar-refractivity contribution is 0.196. The van der Waals surface area contributed by atoms with Gasteiger partial charge < -0.3 is 10.2 Å². The Labute approximate surface area is 93.2 Å². The first-order chi connectivity index (χ1) is 6.79. The second-order valence-electron chi connectivity index (χ2n) is 5.92. The Morgan fingerprint density at radius 2 is 2.00 bits per heavy atom. The number of carbonyl (C=O) groups is 1. The van der Waals surface area contributed by atoms with Gasteiger partial charge in [0.15, 0.2) is 0 Å². The Kier molecular flexibility index (Phi) is 3.63. The first-order valence-corrected chi connectivity index (χ1v) is 5.86. The van der Waals surface area contributed by atoms with Crippen LogP contribution in [-0.2, 0) is 0 Å². The van der Waals surface area contributed by atoms with Crippen molar-refractivity contribution in [3.05, 3.63) is 0 Å². The predicted octanol–water partition coefficient (Wildman–Crippen LogP) is 2.47. The van der Waals surface area contributed by atoms with Gasteiger partial charge in [0.25, 0.3) is 0 Å². The van der Waals surface area contributed by atoms with Crippen LogP contribution in [-0.4, -0.2) is 29.6 Å². The van der Waals surface area contributed by atoms with Gasteiger partial charge in [0, 0.05) is 18.6 Å². The molecule has 1 aliphatic heterocycles. The number of urea groups is 1. The Hall–Kier alpha value is -0.730. The maximum Gasteiger partial charge on any atom is 0.317 e. The third kappa shape index (κ3) is 3.73. The van der Waals surface area contributed by atoms with Crippen LogP contribution in [0.25, 0.3) is 0 Å². The van der Waals surface area contributed by atoms with Crippen molar-refractivity contribution in [1.82, 2.24) is 10.2 Å². The summed E-state index contributed by atoms with van der Waals surface area (Å²) < 4.78 is 0. The van der Waals surface area contributed by atoms with E-state index >= 15 is 0 Å². The Balaban J connectivity index is 2.44. The molecule has 1 fully saturated rings. The van der Waals surface area contributed by atoms with E-state index in [9.17, 15) is 4.79 Å². The van der Waals surface area contributed by atoms with Crippen molar-refractivity contribution in [3.8, 4) is 0 Å². The van der Waals surface area contributed by atoms with E-state index in [2.05, 4.69) is 19.2 Å². The molecule has 0 bridgehead atoms. The molecule has 1 N–H and O–H groups in total. The zero-order valence-corrected chi connectivity index (χ0v) is 10.6. The van der Waals surface area contributed by atoms with E-state index in [-0.39, 0.29) is 11.6 Å². The van der Waals surface area contributed by atoms with Crippen molar-refractivity contribution < 1.29 is 4.79 Å². The maximum atomic E-state index is 11.8. The number of nitrogens with zero attached hydrogens (tertiary/aromatic N) is 1. The summed E-state index contributed by atoms with van der Waals surface area (Å²) in [7, 11) is 0. The zero-order valence-electron chi connectivity index (χ0n) is 10.6. The molecule has 1 heterocycles. The summed E-state index contributed by atoms with van der Waals surface area (Å²) in [6, 6.07) is 0.0886. The van der Waals surface area contributed by atoms with Crippen LogP contribution in [0.2, 0.25) is 0 Å². The molecule has 88 valence electrons. The van der Waals surface area contributed by atoms with Crippen molar-refractivity contribution >= 4 is 6.03 Å². The van der Waals surface area contributed by atoms with Gasteiger partial charge in [-0.15, -0.1) is 0 Å². The Morgan fingerprint density at radius 3 is 2.40 bits per heavy atom. The molecule has 0 radical (unpaired) electrons. The van der Waals surface area contributed by atoms with Gasteiger partial charge in [0.1, 0.15) is 0 Å². The molecule has 2 amide bonds. The first-order valence-electron chi connectivity index (χ1n) is 5.86. The van der Waals surface area contributed by atoms with Crippen LogP contribution in [0.1, 0.15) is 41.0 Å². The minimum Gasteiger partial charge on any atom is -0.333 e. The fourth-order valence-corrected chi connectivity index (χ4v) is 1.92. The van der Waals surface area contributed by atoms with E-state index in [1.165, 1.54) is 0 Å². The molecule has 15 heavy (non-hydrogen) atoms. The number of likely N-dealkylation sites (tertiary alicyclic amines) is 1. The topological polar surface area (TPSA) is 32.3 Å². The second-order valence-corrected chi connectivity index (χ2v) is 5.92. The van der Waals surface area contributed by atoms with Crippen LogP contribution < -0.4 is 5.32 Å². The van der Waals surface area contributed by atoms with Gasteiger partial charge in [-0.3, -0.25) is 0 Å². The molecule has 1 rings (SSSR count). The molecule has 0 aromatic heterocycles. The molecule has 0 saturated carbocycles. The third-order valence-electron chi connectivity index (χ3n) is 2.94. The van der Waals surface area contributed by atoms with E-state index in [4.69, 9.17) is 0 Å². The first kappa shape index (κ1) is 12.3. The molecule has 1 saturated heterocycles. The fraction of sp³-hybridized carbons (Fsp3) is 0.917. The molecule has 0 spiro atoms. The van der Waals surface area contributed by atoms with Gasteiger partial charge in [0.05, 0.1) is 0 Å². The lowest BCUT2D eigenvalue weighted by atomic mass is 9.95. The number of hydrogen-bond donors (Lipinski definition) is 1. The fourth-order valence-electron chi connectivity index (χ4n) is 1.92. The molecule has 3 heteroatoms. The van der Waals surface area contributed by atoms with Crippen LogP contribution in [0.5, 0.6) is 0 Å². The highest BCUT2D eigenvalue weighted by molar-refractivity contribution is 5.75. The highest BCUT2D eigenvalue weighted by Crippen LogP contribution is 2.23. The molecule has 1 atom stereocenters. The SMILES string of the molecule is CC(C)C1CCN(C(=O)NC(C)(C)C)C1. The summed E-state index contributed by atoms with van der Waals surface area (Å²) in [5.41, 5.74) is -0.132. The average molecular weight is 212 g/mol. The highest BCUT2D eigenvalue weighted by atomic mass is 16.2. The van der Waals surface area contributed by atoms with Crippen LogP contribution in [0.3, 0.4) is 0 Å². The number of amides is 2. The Morgan fingerprint density at radius 1 is 1.40 bits per heavy atom. The molecule has 3 nitrogen and oxygen atoms in total. The van der Waals surface area contributed by atoms with E-state index in [1.807, 2.05) is 25.7 Å². The van der Waals surface area contributed by atoms with Crippen LogP contribution in [0.15, 0.2) is 0 Å². The van der Waals surface area contributed by atoms with Gasteiger partial charge in [0.2, 0.25) is 0 Å². The van der Waals surface area contributed by atoms with Gasteiger partial charge in [-0.1, -0.05) is 13.8 Å². The molecule has 1 aliphatic rings. The van der Waals surface area contributed by atoms with Gasteiger partial charge in [-0.25, -0.2) is 4.79 Å². The smallest absolute Gasteiger partial charge is 0.317 e. The van der Waals surface area contributed by atoms with Crippen molar-refractivity contribution in [1.29, 1.82) is 0 Å². The van der Waals surface area contributed by atoms with Gasteiger partial charge in [-0.2, -0.15) is 0 Å². The highest BCUT2D eigenvalue weighted by Gasteiger charge is 2.29. The predicted molar refractivity (Wildman–Crippen MR) is 62.8 cm³/mol. The van der Waals surface area contributed by atoms with E-state index < -0.39 is 0 Å². The quantitative estimate of drug-likeness (QED) is 0.711. The number of carbonyl (C=O) groups excluding carboxylic acids is 1. The summed E-state index contributed by atoms with van der Waals surface area (Å²) in [4.78, 5) is 13.8. The van der Waals surface area contributed by atoms with Crippen molar-refractivity contribution in [3.63, 3.8) is 0 Å². The lowest BCUT2D eigenvalue weighted by Crippen LogP contribution is -2.47. The van der Waals surface area contributed by atoms with Gasteiger partial charge in [-0.05, 0) is 39.0 Å². The van der Waals surface area contributed by atoms with Crippen molar-refractivity contribution in [2.24, 2.45) is 11.8 Å². The molecular formula is C12H24N2O. The van der Waals surface area contributed by atoms with Crippen LogP contribution >= 0.6 is 0 Å². The lowest BCUT2D eigenvalue weighted by Gasteiger charge is -2.25. The summed E-state index contributed by atoms with van der Waals surface area (Å²) in [5.74, 6) is 1.35. The van der Waals surface area contributed by atoms with E-state index in [1.54, 1.807) is 0 Å². The van der Waals surface area contributed by atoms with Crippen LogP contribution in [0.4, 0.5) is 4.79 Å². The van der Waals surface area contributed by atoms with E-state index in [0.717, 1.165) is 19.5 Å².